The van der Waals surface area contributed by atoms with E-state index in [4.69, 9.17) is 0 Å². The Morgan fingerprint density at radius 1 is 1.22 bits per heavy atom. The van der Waals surface area contributed by atoms with Gasteiger partial charge in [0.25, 0.3) is 0 Å². The van der Waals surface area contributed by atoms with Crippen LogP contribution in [0.2, 0.25) is 0 Å². The van der Waals surface area contributed by atoms with Crippen molar-refractivity contribution in [2.75, 3.05) is 4.90 Å². The monoisotopic (exact) mass is 504 g/mol. The second-order valence-electron chi connectivity index (χ2n) is 9.53. The SMILES string of the molecule is C[C@@H](CC(=O)N(Cc1nccn1C)c1ccc2c(c1)[C@@H](C)CC2)c1nccs1.Cc1cccc(F)c1. The van der Waals surface area contributed by atoms with Crippen LogP contribution < -0.4 is 4.90 Å². The molecule has 2 heterocycles. The number of carbonyl (C=O) groups is 1. The first-order valence-electron chi connectivity index (χ1n) is 12.3. The summed E-state index contributed by atoms with van der Waals surface area (Å²) in [7, 11) is 1.97. The number of hydrogen-bond donors (Lipinski definition) is 0. The zero-order valence-corrected chi connectivity index (χ0v) is 22.1. The lowest BCUT2D eigenvalue weighted by Gasteiger charge is -2.25. The number of aryl methyl sites for hydroxylation is 3. The Balaban J connectivity index is 0.000000325. The molecule has 2 aromatic heterocycles. The van der Waals surface area contributed by atoms with E-state index >= 15 is 0 Å². The van der Waals surface area contributed by atoms with Gasteiger partial charge in [0.1, 0.15) is 11.6 Å². The number of anilines is 1. The highest BCUT2D eigenvalue weighted by atomic mass is 32.1. The van der Waals surface area contributed by atoms with Crippen molar-refractivity contribution in [2.45, 2.75) is 58.4 Å². The quantitative estimate of drug-likeness (QED) is 0.291. The summed E-state index contributed by atoms with van der Waals surface area (Å²) in [6, 6.07) is 13.0. The molecule has 0 saturated carbocycles. The second-order valence-corrected chi connectivity index (χ2v) is 10.5. The van der Waals surface area contributed by atoms with Crippen molar-refractivity contribution in [2.24, 2.45) is 7.05 Å². The maximum atomic E-state index is 13.3. The third-order valence-electron chi connectivity index (χ3n) is 6.67. The highest BCUT2D eigenvalue weighted by Gasteiger charge is 2.25. The Labute approximate surface area is 216 Å². The molecule has 2 atom stereocenters. The summed E-state index contributed by atoms with van der Waals surface area (Å²) in [6.45, 7) is 6.68. The maximum absolute atomic E-state index is 13.3. The number of thiazole rings is 1. The second kappa shape index (κ2) is 11.6. The predicted octanol–water partition coefficient (Wildman–Crippen LogP) is 6.79. The summed E-state index contributed by atoms with van der Waals surface area (Å²) in [4.78, 5) is 24.0. The minimum absolute atomic E-state index is 0.102. The molecule has 0 aliphatic heterocycles. The molecule has 1 amide bonds. The third-order valence-corrected chi connectivity index (χ3v) is 7.68. The van der Waals surface area contributed by atoms with Gasteiger partial charge in [-0.15, -0.1) is 11.3 Å². The van der Waals surface area contributed by atoms with E-state index in [0.717, 1.165) is 28.5 Å². The van der Waals surface area contributed by atoms with Crippen LogP contribution in [-0.4, -0.2) is 20.4 Å². The summed E-state index contributed by atoms with van der Waals surface area (Å²) >= 11 is 1.61. The standard InChI is InChI=1S/C22H26N4OS.C7H7F/c1-15-4-5-17-6-7-18(13-19(15)17)26(14-20-23-8-10-25(20)3)21(27)12-16(2)22-24-9-11-28-22;1-6-3-2-4-7(8)5-6/h6-11,13,15-16H,4-5,12,14H2,1-3H3;2-5H,1H3/t15-,16-;/m0./s1. The van der Waals surface area contributed by atoms with Gasteiger partial charge >= 0.3 is 0 Å². The summed E-state index contributed by atoms with van der Waals surface area (Å²) in [6.07, 6.45) is 8.25. The summed E-state index contributed by atoms with van der Waals surface area (Å²) in [5.41, 5.74) is 4.72. The molecule has 2 aromatic carbocycles. The van der Waals surface area contributed by atoms with E-state index in [1.165, 1.54) is 29.7 Å². The van der Waals surface area contributed by atoms with Crippen molar-refractivity contribution >= 4 is 22.9 Å². The summed E-state index contributed by atoms with van der Waals surface area (Å²) in [5, 5.41) is 2.97. The number of benzene rings is 2. The first-order chi connectivity index (χ1) is 17.3. The Morgan fingerprint density at radius 3 is 2.69 bits per heavy atom. The van der Waals surface area contributed by atoms with Crippen molar-refractivity contribution in [1.82, 2.24) is 14.5 Å². The molecule has 0 unspecified atom stereocenters. The molecular weight excluding hydrogens is 471 g/mol. The summed E-state index contributed by atoms with van der Waals surface area (Å²) < 4.78 is 14.1. The number of aromatic nitrogens is 3. The highest BCUT2D eigenvalue weighted by Crippen LogP contribution is 2.36. The zero-order chi connectivity index (χ0) is 25.7. The van der Waals surface area contributed by atoms with Gasteiger partial charge in [0.2, 0.25) is 5.91 Å². The molecule has 0 fully saturated rings. The van der Waals surface area contributed by atoms with Gasteiger partial charge in [0.15, 0.2) is 0 Å². The fourth-order valence-corrected chi connectivity index (χ4v) is 5.22. The molecule has 0 N–H and O–H groups in total. The predicted molar refractivity (Wildman–Crippen MR) is 144 cm³/mol. The van der Waals surface area contributed by atoms with E-state index in [1.807, 2.05) is 41.1 Å². The first-order valence-corrected chi connectivity index (χ1v) is 13.2. The van der Waals surface area contributed by atoms with Gasteiger partial charge in [-0.2, -0.15) is 0 Å². The van der Waals surface area contributed by atoms with Gasteiger partial charge < -0.3 is 9.47 Å². The van der Waals surface area contributed by atoms with Crippen molar-refractivity contribution in [3.8, 4) is 0 Å². The number of hydrogen-bond acceptors (Lipinski definition) is 4. The molecule has 5 nitrogen and oxygen atoms in total. The van der Waals surface area contributed by atoms with Crippen LogP contribution in [-0.2, 0) is 24.8 Å². The van der Waals surface area contributed by atoms with Gasteiger partial charge in [-0.3, -0.25) is 4.79 Å². The maximum Gasteiger partial charge on any atom is 0.228 e. The molecule has 0 bridgehead atoms. The Morgan fingerprint density at radius 2 is 2.06 bits per heavy atom. The average Bonchev–Trinajstić information content (AvgIpc) is 3.60. The van der Waals surface area contributed by atoms with Crippen LogP contribution in [0.25, 0.3) is 0 Å². The Bertz CT molecular complexity index is 1280. The van der Waals surface area contributed by atoms with Crippen LogP contribution in [0, 0.1) is 12.7 Å². The van der Waals surface area contributed by atoms with E-state index in [9.17, 15) is 9.18 Å². The first kappa shape index (κ1) is 25.8. The number of rotatable bonds is 6. The number of halogens is 1. The largest absolute Gasteiger partial charge is 0.337 e. The van der Waals surface area contributed by atoms with Crippen LogP contribution in [0.3, 0.4) is 0 Å². The van der Waals surface area contributed by atoms with E-state index in [1.54, 1.807) is 29.8 Å². The van der Waals surface area contributed by atoms with Crippen LogP contribution in [0.1, 0.15) is 66.0 Å². The fraction of sp³-hybridized carbons (Fsp3) is 0.345. The minimum Gasteiger partial charge on any atom is -0.337 e. The van der Waals surface area contributed by atoms with Crippen molar-refractivity contribution in [3.63, 3.8) is 0 Å². The van der Waals surface area contributed by atoms with Gasteiger partial charge in [0, 0.05) is 49.0 Å². The van der Waals surface area contributed by atoms with Gasteiger partial charge in [-0.1, -0.05) is 32.0 Å². The highest BCUT2D eigenvalue weighted by molar-refractivity contribution is 7.09. The van der Waals surface area contributed by atoms with Crippen LogP contribution in [0.5, 0.6) is 0 Å². The molecule has 5 rings (SSSR count). The van der Waals surface area contributed by atoms with E-state index in [0.29, 0.717) is 18.9 Å². The number of carbonyl (C=O) groups excluding carboxylic acids is 1. The molecule has 0 spiro atoms. The topological polar surface area (TPSA) is 51.0 Å². The third kappa shape index (κ3) is 6.26. The molecule has 36 heavy (non-hydrogen) atoms. The smallest absolute Gasteiger partial charge is 0.228 e. The number of amides is 1. The van der Waals surface area contributed by atoms with Crippen molar-refractivity contribution < 1.29 is 9.18 Å². The average molecular weight is 505 g/mol. The molecule has 188 valence electrons. The Kier molecular flexibility index (Phi) is 8.31. The molecule has 4 aromatic rings. The number of imidazole rings is 1. The summed E-state index contributed by atoms with van der Waals surface area (Å²) in [5.74, 6) is 1.48. The molecular formula is C29H33FN4OS. The zero-order valence-electron chi connectivity index (χ0n) is 21.3. The van der Waals surface area contributed by atoms with E-state index < -0.39 is 0 Å². The van der Waals surface area contributed by atoms with Crippen molar-refractivity contribution in [3.05, 3.63) is 99.8 Å². The lowest BCUT2D eigenvalue weighted by molar-refractivity contribution is -0.119. The Hall–Kier alpha value is -3.32. The van der Waals surface area contributed by atoms with Crippen LogP contribution in [0.15, 0.2) is 66.4 Å². The molecule has 7 heteroatoms. The van der Waals surface area contributed by atoms with Gasteiger partial charge in [0.05, 0.1) is 11.6 Å². The van der Waals surface area contributed by atoms with E-state index in [-0.39, 0.29) is 17.6 Å². The minimum atomic E-state index is -0.162. The fourth-order valence-electron chi connectivity index (χ4n) is 4.52. The normalized spacial score (nSPS) is 15.1. The molecule has 0 radical (unpaired) electrons. The van der Waals surface area contributed by atoms with E-state index in [2.05, 4.69) is 42.0 Å². The molecule has 1 aliphatic rings. The number of fused-ring (bicyclic) bond motifs is 1. The van der Waals surface area contributed by atoms with Gasteiger partial charge in [-0.05, 0) is 66.6 Å². The molecule has 1 aliphatic carbocycles. The number of nitrogens with zero attached hydrogens (tertiary/aromatic N) is 4. The lowest BCUT2D eigenvalue weighted by Crippen LogP contribution is -2.32. The lowest BCUT2D eigenvalue weighted by atomic mass is 10.0. The van der Waals surface area contributed by atoms with Crippen molar-refractivity contribution in [1.29, 1.82) is 0 Å². The molecule has 0 saturated heterocycles. The van der Waals surface area contributed by atoms with Crippen LogP contribution in [0.4, 0.5) is 10.1 Å². The van der Waals surface area contributed by atoms with Crippen LogP contribution >= 0.6 is 11.3 Å². The van der Waals surface area contributed by atoms with Gasteiger partial charge in [-0.25, -0.2) is 14.4 Å².